The van der Waals surface area contributed by atoms with Crippen molar-refractivity contribution < 1.29 is 18.9 Å². The average molecular weight is 388 g/mol. The molecule has 0 N–H and O–H groups in total. The normalized spacial score (nSPS) is 19.6. The minimum absolute atomic E-state index is 0.0787. The van der Waals surface area contributed by atoms with Gasteiger partial charge in [0.1, 0.15) is 13.2 Å². The van der Waals surface area contributed by atoms with Gasteiger partial charge in [0.25, 0.3) is 0 Å². The Labute approximate surface area is 168 Å². The molecule has 1 aromatic carbocycles. The van der Waals surface area contributed by atoms with Crippen LogP contribution in [0.25, 0.3) is 0 Å². The molecular weight excluding hydrogens is 354 g/mol. The Morgan fingerprint density at radius 1 is 0.929 bits per heavy atom. The summed E-state index contributed by atoms with van der Waals surface area (Å²) in [6.45, 7) is 0.268. The molecule has 154 valence electrons. The summed E-state index contributed by atoms with van der Waals surface area (Å²) in [6, 6.07) is 9.80. The second kappa shape index (κ2) is 10.6. The molecule has 2 aliphatic rings. The minimum Gasteiger partial charge on any atom is -0.627 e. The monoisotopic (exact) mass is 387 g/mol. The van der Waals surface area contributed by atoms with Gasteiger partial charge < -0.3 is 19.3 Å². The minimum atomic E-state index is -0.701. The number of quaternary nitrogens is 1. The maximum Gasteiger partial charge on any atom is 0.508 e. The molecule has 1 aromatic rings. The summed E-state index contributed by atoms with van der Waals surface area (Å²) in [5, 5.41) is 13.8. The Morgan fingerprint density at radius 2 is 1.50 bits per heavy atom. The smallest absolute Gasteiger partial charge is 0.508 e. The lowest BCUT2D eigenvalue weighted by atomic mass is 9.88. The molecule has 0 radical (unpaired) electrons. The second-order valence-corrected chi connectivity index (χ2v) is 8.07. The summed E-state index contributed by atoms with van der Waals surface area (Å²) in [6.07, 6.45) is 13.9. The topological polar surface area (TPSA) is 58.6 Å². The highest BCUT2D eigenvalue weighted by Crippen LogP contribution is 2.36. The van der Waals surface area contributed by atoms with Crippen LogP contribution in [-0.4, -0.2) is 29.5 Å². The number of hydrogen-bond acceptors (Lipinski definition) is 4. The van der Waals surface area contributed by atoms with E-state index < -0.39 is 6.16 Å². The van der Waals surface area contributed by atoms with E-state index in [0.29, 0.717) is 0 Å². The zero-order chi connectivity index (χ0) is 19.7. The number of hydroxylamine groups is 3. The van der Waals surface area contributed by atoms with E-state index in [1.165, 1.54) is 12.8 Å². The molecule has 0 atom stereocenters. The van der Waals surface area contributed by atoms with Crippen molar-refractivity contribution in [1.29, 1.82) is 0 Å². The molecule has 5 heteroatoms. The van der Waals surface area contributed by atoms with Gasteiger partial charge in [-0.25, -0.2) is 4.79 Å². The highest BCUT2D eigenvalue weighted by molar-refractivity contribution is 5.60. The van der Waals surface area contributed by atoms with Crippen LogP contribution in [0.3, 0.4) is 0 Å². The summed E-state index contributed by atoms with van der Waals surface area (Å²) >= 11 is 0. The van der Waals surface area contributed by atoms with Crippen molar-refractivity contribution in [3.8, 4) is 0 Å². The first kappa shape index (κ1) is 20.9. The Kier molecular flexibility index (Phi) is 7.92. The van der Waals surface area contributed by atoms with Crippen molar-refractivity contribution in [2.75, 3.05) is 6.61 Å². The van der Waals surface area contributed by atoms with Crippen LogP contribution < -0.4 is 0 Å². The third kappa shape index (κ3) is 5.82. The third-order valence-corrected chi connectivity index (χ3v) is 6.13. The van der Waals surface area contributed by atoms with Gasteiger partial charge in [-0.15, -0.1) is 0 Å². The molecule has 0 aliphatic heterocycles. The highest BCUT2D eigenvalue weighted by Gasteiger charge is 2.36. The largest absolute Gasteiger partial charge is 0.627 e. The van der Waals surface area contributed by atoms with Crippen molar-refractivity contribution in [2.24, 2.45) is 0 Å². The van der Waals surface area contributed by atoms with E-state index in [9.17, 15) is 10.0 Å². The van der Waals surface area contributed by atoms with Crippen LogP contribution in [0.5, 0.6) is 0 Å². The lowest BCUT2D eigenvalue weighted by Gasteiger charge is -2.53. The van der Waals surface area contributed by atoms with E-state index in [1.807, 2.05) is 30.3 Å². The van der Waals surface area contributed by atoms with Gasteiger partial charge in [0.2, 0.25) is 0 Å². The first-order valence-electron chi connectivity index (χ1n) is 10.8. The first-order valence-corrected chi connectivity index (χ1v) is 10.8. The highest BCUT2D eigenvalue weighted by atomic mass is 16.7. The maximum absolute atomic E-state index is 13.8. The lowest BCUT2D eigenvalue weighted by Crippen LogP contribution is -2.54. The van der Waals surface area contributed by atoms with Gasteiger partial charge in [-0.05, 0) is 31.2 Å². The second-order valence-electron chi connectivity index (χ2n) is 8.07. The molecule has 0 unspecified atom stereocenters. The van der Waals surface area contributed by atoms with Crippen LogP contribution >= 0.6 is 0 Å². The number of ether oxygens (including phenoxy) is 2. The number of carbonyl (C=O) groups is 1. The van der Waals surface area contributed by atoms with Crippen molar-refractivity contribution >= 4 is 6.16 Å². The quantitative estimate of drug-likeness (QED) is 0.335. The lowest BCUT2D eigenvalue weighted by molar-refractivity contribution is -0.884. The fraction of sp³-hybridized carbons (Fsp3) is 0.609. The molecule has 0 amide bonds. The van der Waals surface area contributed by atoms with E-state index >= 15 is 0 Å². The summed E-state index contributed by atoms with van der Waals surface area (Å²) in [5.74, 6) is 0. The number of hydrogen-bond donors (Lipinski definition) is 0. The fourth-order valence-corrected chi connectivity index (χ4v) is 4.59. The van der Waals surface area contributed by atoms with Crippen LogP contribution in [0, 0.1) is 5.21 Å². The van der Waals surface area contributed by atoms with Crippen molar-refractivity contribution in [3.63, 3.8) is 0 Å². The Bertz CT molecular complexity index is 601. The first-order chi connectivity index (χ1) is 13.7. The van der Waals surface area contributed by atoms with Crippen molar-refractivity contribution in [2.45, 2.75) is 82.9 Å². The predicted molar refractivity (Wildman–Crippen MR) is 109 cm³/mol. The standard InChI is InChI=1S/C23H33NO4/c25-23(28-19-20-11-4-1-5-12-20)27-18-10-17-24(26,21-13-6-2-7-14-21)22-15-8-3-9-16-22/h1,4-5,10-12,17,21-22H,2-3,6-9,13-16,18-19H2/b17-10+. The van der Waals surface area contributed by atoms with Gasteiger partial charge in [0.15, 0.2) is 0 Å². The van der Waals surface area contributed by atoms with Crippen molar-refractivity contribution in [3.05, 3.63) is 53.4 Å². The average Bonchev–Trinajstić information content (AvgIpc) is 2.77. The van der Waals surface area contributed by atoms with Gasteiger partial charge in [0.05, 0.1) is 18.3 Å². The van der Waals surface area contributed by atoms with Gasteiger partial charge in [-0.2, -0.15) is 0 Å². The van der Waals surface area contributed by atoms with Crippen LogP contribution in [0.2, 0.25) is 0 Å². The van der Waals surface area contributed by atoms with E-state index in [-0.39, 0.29) is 29.9 Å². The van der Waals surface area contributed by atoms with Gasteiger partial charge in [-0.3, -0.25) is 0 Å². The molecule has 0 saturated heterocycles. The molecule has 2 fully saturated rings. The van der Waals surface area contributed by atoms with Crippen molar-refractivity contribution in [1.82, 2.24) is 0 Å². The molecule has 2 aliphatic carbocycles. The number of benzene rings is 1. The molecule has 3 rings (SSSR count). The molecule has 0 heterocycles. The summed E-state index contributed by atoms with van der Waals surface area (Å²) < 4.78 is 10.0. The van der Waals surface area contributed by atoms with Gasteiger partial charge in [-0.1, -0.05) is 43.2 Å². The molecule has 0 aromatic heterocycles. The number of nitrogens with zero attached hydrogens (tertiary/aromatic N) is 1. The molecule has 28 heavy (non-hydrogen) atoms. The van der Waals surface area contributed by atoms with E-state index in [1.54, 1.807) is 12.3 Å². The Hall–Kier alpha value is -1.85. The maximum atomic E-state index is 13.8. The van der Waals surface area contributed by atoms with E-state index in [2.05, 4.69) is 0 Å². The number of rotatable bonds is 7. The molecular formula is C23H33NO4. The zero-order valence-electron chi connectivity index (χ0n) is 16.8. The molecule has 0 bridgehead atoms. The van der Waals surface area contributed by atoms with Gasteiger partial charge >= 0.3 is 6.16 Å². The SMILES string of the molecule is O=C(OC/C=C/[N+]([O-])(C1CCCCC1)C1CCCCC1)OCc1ccccc1. The van der Waals surface area contributed by atoms with Crippen LogP contribution in [-0.2, 0) is 16.1 Å². The zero-order valence-corrected chi connectivity index (χ0v) is 16.8. The summed E-state index contributed by atoms with van der Waals surface area (Å²) in [4.78, 5) is 11.8. The third-order valence-electron chi connectivity index (χ3n) is 6.13. The molecule has 5 nitrogen and oxygen atoms in total. The predicted octanol–water partition coefficient (Wildman–Crippen LogP) is 5.83. The van der Waals surface area contributed by atoms with Crippen LogP contribution in [0.1, 0.15) is 69.8 Å². The van der Waals surface area contributed by atoms with E-state index in [4.69, 9.17) is 9.47 Å². The van der Waals surface area contributed by atoms with Gasteiger partial charge in [0, 0.05) is 31.8 Å². The van der Waals surface area contributed by atoms with E-state index in [0.717, 1.165) is 56.9 Å². The fourth-order valence-electron chi connectivity index (χ4n) is 4.59. The Balaban J connectivity index is 1.51. The molecule has 0 spiro atoms. The summed E-state index contributed by atoms with van der Waals surface area (Å²) in [5.41, 5.74) is 0.917. The molecule has 2 saturated carbocycles. The number of carbonyl (C=O) groups excluding carboxylic acids is 1. The summed E-state index contributed by atoms with van der Waals surface area (Å²) in [7, 11) is 0. The Morgan fingerprint density at radius 3 is 2.07 bits per heavy atom. The van der Waals surface area contributed by atoms with Crippen LogP contribution in [0.15, 0.2) is 42.6 Å². The van der Waals surface area contributed by atoms with Crippen LogP contribution in [0.4, 0.5) is 4.79 Å².